The quantitative estimate of drug-likeness (QED) is 0.0535. The molecule has 0 aliphatic rings. The van der Waals surface area contributed by atoms with Gasteiger partial charge in [-0.25, -0.2) is 14.4 Å². The zero-order valence-electron chi connectivity index (χ0n) is 51.1. The number of hydrogen-bond acceptors (Lipinski definition) is 12. The van der Waals surface area contributed by atoms with Crippen molar-refractivity contribution in [2.24, 2.45) is 0 Å². The van der Waals surface area contributed by atoms with E-state index >= 15 is 0 Å². The molecule has 12 aromatic rings. The first-order valence-electron chi connectivity index (χ1n) is 29.4. The summed E-state index contributed by atoms with van der Waals surface area (Å²) in [5.41, 5.74) is 11.1. The molecule has 2 radical (unpaired) electrons. The Labute approximate surface area is 561 Å². The number of rotatable bonds is 15. The van der Waals surface area contributed by atoms with Crippen molar-refractivity contribution in [3.05, 3.63) is 325 Å². The van der Waals surface area contributed by atoms with Gasteiger partial charge in [-0.1, -0.05) is 273 Å². The SMILES string of the molecule is COC(=O)c1cc(-c2ccccc2)c(C(=O)[O-])c(-c2ccccc2)c1-c1ccccc1.COC(=O)c1cc(-c2ccccc2)c(C(=O)[O-])c(-c2ccccc2)c1-c1ccccc1.COC(=O)c1cc(-c2ccccc2)c(C(=O)[O-])c(-c2ccccc2)c1-c1ccccc1.[Sb+3]. The molecule has 0 heterocycles. The van der Waals surface area contributed by atoms with Crippen LogP contribution in [0.1, 0.15) is 62.1 Å². The summed E-state index contributed by atoms with van der Waals surface area (Å²) in [5.74, 6) is -5.57. The maximum atomic E-state index is 12.9. The van der Waals surface area contributed by atoms with Crippen LogP contribution in [-0.2, 0) is 14.2 Å². The van der Waals surface area contributed by atoms with Crippen LogP contribution in [-0.4, -0.2) is 81.6 Å². The predicted octanol–water partition coefficient (Wildman–Crippen LogP) is 14.1. The fourth-order valence-electron chi connectivity index (χ4n) is 11.4. The molecule has 0 aliphatic carbocycles. The Hall–Kier alpha value is -11.7. The van der Waals surface area contributed by atoms with E-state index in [1.807, 2.05) is 237 Å². The van der Waals surface area contributed by atoms with E-state index in [-0.39, 0.29) is 57.8 Å². The van der Waals surface area contributed by atoms with Crippen molar-refractivity contribution in [1.82, 2.24) is 0 Å². The van der Waals surface area contributed by atoms with Gasteiger partial charge in [-0.2, -0.15) is 0 Å². The van der Waals surface area contributed by atoms with E-state index in [4.69, 9.17) is 14.2 Å². The van der Waals surface area contributed by atoms with Crippen molar-refractivity contribution in [2.75, 3.05) is 21.3 Å². The van der Waals surface area contributed by atoms with Gasteiger partial charge in [-0.05, 0) is 85.0 Å². The van der Waals surface area contributed by atoms with Gasteiger partial charge in [0.1, 0.15) is 0 Å². The van der Waals surface area contributed by atoms with Gasteiger partial charge in [-0.15, -0.1) is 0 Å². The van der Waals surface area contributed by atoms with Gasteiger partial charge in [0, 0.05) is 50.1 Å². The summed E-state index contributed by atoms with van der Waals surface area (Å²) in [4.78, 5) is 76.1. The predicted molar refractivity (Wildman–Crippen MR) is 361 cm³/mol. The Bertz CT molecular complexity index is 4180. The zero-order valence-corrected chi connectivity index (χ0v) is 53.6. The van der Waals surface area contributed by atoms with Gasteiger partial charge in [0.25, 0.3) is 0 Å². The summed E-state index contributed by atoms with van der Waals surface area (Å²) < 4.78 is 15.2. The van der Waals surface area contributed by atoms with E-state index in [2.05, 4.69) is 0 Å². The molecule has 94 heavy (non-hydrogen) atoms. The standard InChI is InChI=1S/3C27H20O4.Sb/c3*1-31-27(30)22-17-21(18-11-5-2-6-12-18)25(26(28)29)24(20-15-9-4-10-16-20)23(22)19-13-7-3-8-14-19;/h3*2-17H,1H3,(H,28,29);/q;;;+3/p-3. The molecule has 12 aromatic carbocycles. The molecule has 0 saturated carbocycles. The fourth-order valence-corrected chi connectivity index (χ4v) is 11.4. The molecule has 0 amide bonds. The molecular weight excluding hydrogens is 1290 g/mol. The van der Waals surface area contributed by atoms with Crippen LogP contribution in [0, 0.1) is 0 Å². The molecule has 458 valence electrons. The summed E-state index contributed by atoms with van der Waals surface area (Å²) in [6.07, 6.45) is 0. The number of ether oxygens (including phenoxy) is 3. The van der Waals surface area contributed by atoms with Crippen molar-refractivity contribution in [1.29, 1.82) is 0 Å². The minimum Gasteiger partial charge on any atom is -0.545 e. The van der Waals surface area contributed by atoms with E-state index in [0.717, 1.165) is 0 Å². The zero-order chi connectivity index (χ0) is 65.4. The van der Waals surface area contributed by atoms with Crippen molar-refractivity contribution in [2.45, 2.75) is 0 Å². The van der Waals surface area contributed by atoms with Gasteiger partial charge in [0.15, 0.2) is 0 Å². The molecule has 13 heteroatoms. The number of carbonyl (C=O) groups is 6. The number of benzene rings is 12. The van der Waals surface area contributed by atoms with Crippen molar-refractivity contribution in [3.63, 3.8) is 0 Å². The second-order valence-electron chi connectivity index (χ2n) is 20.9. The molecule has 0 unspecified atom stereocenters. The maximum absolute atomic E-state index is 12.9. The number of aromatic carboxylic acids is 3. The largest absolute Gasteiger partial charge is 3.00 e. The van der Waals surface area contributed by atoms with Gasteiger partial charge in [-0.3, -0.25) is 0 Å². The Morgan fingerprint density at radius 1 is 0.234 bits per heavy atom. The minimum absolute atomic E-state index is 0. The summed E-state index contributed by atoms with van der Waals surface area (Å²) in [6, 6.07) is 87.2. The molecular formula is C81H57O12Sb. The first-order valence-corrected chi connectivity index (χ1v) is 29.4. The Morgan fingerprint density at radius 2 is 0.383 bits per heavy atom. The summed E-state index contributed by atoms with van der Waals surface area (Å²) in [7, 11) is 3.94. The van der Waals surface area contributed by atoms with E-state index in [0.29, 0.717) is 100 Å². The Kier molecular flexibility index (Phi) is 22.2. The molecule has 12 nitrogen and oxygen atoms in total. The first kappa shape index (κ1) is 66.7. The smallest absolute Gasteiger partial charge is 0.545 e. The summed E-state index contributed by atoms with van der Waals surface area (Å²) >= 11 is 0. The molecule has 0 spiro atoms. The second kappa shape index (κ2) is 31.3. The number of hydrogen-bond donors (Lipinski definition) is 0. The van der Waals surface area contributed by atoms with Gasteiger partial charge in [0.2, 0.25) is 0 Å². The van der Waals surface area contributed by atoms with Crippen LogP contribution in [0.25, 0.3) is 100 Å². The third-order valence-electron chi connectivity index (χ3n) is 15.4. The molecule has 0 atom stereocenters. The molecule has 0 N–H and O–H groups in total. The van der Waals surface area contributed by atoms with Crippen LogP contribution in [0.3, 0.4) is 0 Å². The topological polar surface area (TPSA) is 199 Å². The van der Waals surface area contributed by atoms with Crippen LogP contribution in [0.2, 0.25) is 0 Å². The van der Waals surface area contributed by atoms with Gasteiger partial charge < -0.3 is 43.9 Å². The van der Waals surface area contributed by atoms with Crippen molar-refractivity contribution < 1.29 is 58.3 Å². The van der Waals surface area contributed by atoms with E-state index < -0.39 is 35.8 Å². The van der Waals surface area contributed by atoms with Crippen LogP contribution in [0.4, 0.5) is 0 Å². The fraction of sp³-hybridized carbons (Fsp3) is 0.0370. The first-order chi connectivity index (χ1) is 45.3. The normalized spacial score (nSPS) is 10.4. The Balaban J connectivity index is 0.000000165. The molecule has 12 rings (SSSR count). The van der Waals surface area contributed by atoms with E-state index in [1.165, 1.54) is 21.3 Å². The molecule has 0 aromatic heterocycles. The number of esters is 3. The number of methoxy groups -OCH3 is 3. The summed E-state index contributed by atoms with van der Waals surface area (Å²) in [5, 5.41) is 37.5. The van der Waals surface area contributed by atoms with Crippen LogP contribution in [0.15, 0.2) is 291 Å². The molecule has 0 aliphatic heterocycles. The third-order valence-corrected chi connectivity index (χ3v) is 15.4. The molecule has 0 saturated heterocycles. The van der Waals surface area contributed by atoms with E-state index in [9.17, 15) is 44.1 Å². The average molecular weight is 1340 g/mol. The second-order valence-corrected chi connectivity index (χ2v) is 20.9. The van der Waals surface area contributed by atoms with Gasteiger partial charge >= 0.3 is 42.3 Å². The van der Waals surface area contributed by atoms with Crippen molar-refractivity contribution in [3.8, 4) is 100 Å². The molecule has 0 fully saturated rings. The number of carboxylic acid groups (broad SMARTS) is 3. The van der Waals surface area contributed by atoms with Gasteiger partial charge in [0.05, 0.1) is 55.9 Å². The minimum atomic E-state index is -1.31. The van der Waals surface area contributed by atoms with Crippen LogP contribution in [0.5, 0.6) is 0 Å². The van der Waals surface area contributed by atoms with Crippen LogP contribution >= 0.6 is 0 Å². The summed E-state index contributed by atoms with van der Waals surface area (Å²) in [6.45, 7) is 0. The van der Waals surface area contributed by atoms with E-state index in [1.54, 1.807) is 54.6 Å². The third kappa shape index (κ3) is 14.5. The number of carboxylic acids is 3. The molecule has 0 bridgehead atoms. The maximum Gasteiger partial charge on any atom is 3.00 e. The monoisotopic (exact) mass is 1340 g/mol. The average Bonchev–Trinajstić information content (AvgIpc) is 0.764. The number of carbonyl (C=O) groups excluding carboxylic acids is 6. The van der Waals surface area contributed by atoms with Crippen molar-refractivity contribution >= 4 is 60.2 Å². The Morgan fingerprint density at radius 3 is 0.532 bits per heavy atom. The van der Waals surface area contributed by atoms with Crippen LogP contribution < -0.4 is 15.3 Å².